The number of hydrogen-bond donors (Lipinski definition) is 3. The van der Waals surface area contributed by atoms with Crippen LogP contribution >= 0.6 is 0 Å². The highest BCUT2D eigenvalue weighted by Gasteiger charge is 2.31. The number of aliphatic hydroxyl groups excluding tert-OH is 2. The van der Waals surface area contributed by atoms with Crippen molar-refractivity contribution in [2.24, 2.45) is 0 Å². The molecule has 0 amide bonds. The van der Waals surface area contributed by atoms with E-state index in [9.17, 15) is 18.3 Å². The smallest absolute Gasteiger partial charge is 0.416 e. The Morgan fingerprint density at radius 2 is 1.72 bits per heavy atom. The molecule has 0 aliphatic rings. The lowest BCUT2D eigenvalue weighted by atomic mass is 10.1. The van der Waals surface area contributed by atoms with Crippen molar-refractivity contribution in [2.75, 3.05) is 25.6 Å². The number of halogens is 3. The summed E-state index contributed by atoms with van der Waals surface area (Å²) in [6.45, 7) is -0.641. The summed E-state index contributed by atoms with van der Waals surface area (Å²) < 4.78 is 49.4. The minimum atomic E-state index is -4.51. The molecule has 8 heteroatoms. The summed E-state index contributed by atoms with van der Waals surface area (Å²) in [7, 11) is 1.51. The van der Waals surface area contributed by atoms with Gasteiger partial charge in [-0.05, 0) is 42.5 Å². The van der Waals surface area contributed by atoms with E-state index in [4.69, 9.17) is 14.6 Å². The second-order valence-corrected chi connectivity index (χ2v) is 5.20. The summed E-state index contributed by atoms with van der Waals surface area (Å²) in [5.74, 6) is 1.18. The van der Waals surface area contributed by atoms with Crippen molar-refractivity contribution in [1.29, 1.82) is 0 Å². The van der Waals surface area contributed by atoms with Gasteiger partial charge in [-0.1, -0.05) is 0 Å². The van der Waals surface area contributed by atoms with Crippen LogP contribution in [0.15, 0.2) is 42.5 Å². The van der Waals surface area contributed by atoms with E-state index >= 15 is 0 Å². The highest BCUT2D eigenvalue weighted by Crippen LogP contribution is 2.37. The van der Waals surface area contributed by atoms with Gasteiger partial charge < -0.3 is 25.0 Å². The number of benzene rings is 2. The van der Waals surface area contributed by atoms with Crippen molar-refractivity contribution in [3.63, 3.8) is 0 Å². The molecule has 25 heavy (non-hydrogen) atoms. The molecular formula is C17H18F3NO4. The molecule has 0 radical (unpaired) electrons. The molecule has 0 saturated heterocycles. The summed E-state index contributed by atoms with van der Waals surface area (Å²) in [5, 5.41) is 20.9. The Hall–Kier alpha value is -2.45. The van der Waals surface area contributed by atoms with Crippen LogP contribution in [-0.2, 0) is 6.18 Å². The maximum absolute atomic E-state index is 12.9. The third-order valence-corrected chi connectivity index (χ3v) is 3.33. The molecule has 5 nitrogen and oxygen atoms in total. The molecule has 1 atom stereocenters. The normalized spacial score (nSPS) is 12.6. The van der Waals surface area contributed by atoms with Crippen LogP contribution in [0.2, 0.25) is 0 Å². The van der Waals surface area contributed by atoms with Crippen LogP contribution in [0.5, 0.6) is 17.2 Å². The van der Waals surface area contributed by atoms with Crippen molar-refractivity contribution < 1.29 is 32.9 Å². The van der Waals surface area contributed by atoms with Crippen molar-refractivity contribution in [3.05, 3.63) is 48.0 Å². The number of rotatable bonds is 7. The molecule has 1 unspecified atom stereocenters. The van der Waals surface area contributed by atoms with Gasteiger partial charge in [-0.25, -0.2) is 0 Å². The Morgan fingerprint density at radius 1 is 1.08 bits per heavy atom. The van der Waals surface area contributed by atoms with E-state index in [1.807, 2.05) is 0 Å². The molecule has 0 spiro atoms. The molecule has 136 valence electrons. The number of anilines is 1. The van der Waals surface area contributed by atoms with Crippen molar-refractivity contribution >= 4 is 5.69 Å². The number of methoxy groups -OCH3 is 1. The molecule has 2 rings (SSSR count). The Labute approximate surface area is 142 Å². The van der Waals surface area contributed by atoms with Crippen LogP contribution in [-0.4, -0.2) is 36.6 Å². The third-order valence-electron chi connectivity index (χ3n) is 3.33. The van der Waals surface area contributed by atoms with Gasteiger partial charge in [0.15, 0.2) is 5.75 Å². The minimum Gasteiger partial charge on any atom is -0.497 e. The molecule has 0 fully saturated rings. The highest BCUT2D eigenvalue weighted by molar-refractivity contribution is 5.60. The van der Waals surface area contributed by atoms with Gasteiger partial charge in [0.25, 0.3) is 0 Å². The zero-order valence-corrected chi connectivity index (χ0v) is 13.4. The molecule has 3 N–H and O–H groups in total. The fourth-order valence-electron chi connectivity index (χ4n) is 2.00. The first kappa shape index (κ1) is 18.9. The van der Waals surface area contributed by atoms with Gasteiger partial charge in [0.05, 0.1) is 31.1 Å². The van der Waals surface area contributed by atoms with Crippen LogP contribution in [0.1, 0.15) is 5.56 Å². The molecule has 0 aliphatic heterocycles. The minimum absolute atomic E-state index is 0.0538. The first-order chi connectivity index (χ1) is 11.8. The van der Waals surface area contributed by atoms with E-state index < -0.39 is 24.5 Å². The Kier molecular flexibility index (Phi) is 6.11. The van der Waals surface area contributed by atoms with Gasteiger partial charge in [-0.15, -0.1) is 0 Å². The maximum atomic E-state index is 12.9. The number of ether oxygens (including phenoxy) is 2. The second-order valence-electron chi connectivity index (χ2n) is 5.20. The zero-order chi connectivity index (χ0) is 18.4. The van der Waals surface area contributed by atoms with Crippen LogP contribution in [0, 0.1) is 0 Å². The zero-order valence-electron chi connectivity index (χ0n) is 13.4. The predicted molar refractivity (Wildman–Crippen MR) is 86.1 cm³/mol. The Morgan fingerprint density at radius 3 is 2.28 bits per heavy atom. The second kappa shape index (κ2) is 8.09. The standard InChI is InChI=1S/C17H18F3NO4/c1-24-13-3-5-14(6-4-13)25-16-7-2-11(17(18,19)20)8-15(16)21-9-12(23)10-22/h2-8,12,21-23H,9-10H2,1H3. The summed E-state index contributed by atoms with van der Waals surface area (Å²) in [4.78, 5) is 0. The molecule has 0 saturated carbocycles. The van der Waals surface area contributed by atoms with E-state index in [2.05, 4.69) is 5.32 Å². The average molecular weight is 357 g/mol. The lowest BCUT2D eigenvalue weighted by Crippen LogP contribution is -2.23. The molecule has 2 aromatic rings. The van der Waals surface area contributed by atoms with Gasteiger partial charge in [-0.3, -0.25) is 0 Å². The van der Waals surface area contributed by atoms with Gasteiger partial charge in [0.1, 0.15) is 11.5 Å². The summed E-state index contributed by atoms with van der Waals surface area (Å²) in [6, 6.07) is 9.53. The van der Waals surface area contributed by atoms with E-state index in [0.29, 0.717) is 11.5 Å². The molecule has 0 aliphatic carbocycles. The average Bonchev–Trinajstić information content (AvgIpc) is 2.60. The molecular weight excluding hydrogens is 339 g/mol. The highest BCUT2D eigenvalue weighted by atomic mass is 19.4. The first-order valence-electron chi connectivity index (χ1n) is 7.39. The quantitative estimate of drug-likeness (QED) is 0.709. The maximum Gasteiger partial charge on any atom is 0.416 e. The van der Waals surface area contributed by atoms with E-state index in [0.717, 1.165) is 12.1 Å². The van der Waals surface area contributed by atoms with E-state index in [1.54, 1.807) is 24.3 Å². The molecule has 0 bridgehead atoms. The van der Waals surface area contributed by atoms with Gasteiger partial charge in [0, 0.05) is 6.54 Å². The third kappa shape index (κ3) is 5.27. The lowest BCUT2D eigenvalue weighted by molar-refractivity contribution is -0.137. The van der Waals surface area contributed by atoms with E-state index in [-0.39, 0.29) is 18.0 Å². The number of aliphatic hydroxyl groups is 2. The van der Waals surface area contributed by atoms with Gasteiger partial charge >= 0.3 is 6.18 Å². The topological polar surface area (TPSA) is 71.0 Å². The summed E-state index contributed by atoms with van der Waals surface area (Å²) in [5.41, 5.74) is -0.797. The van der Waals surface area contributed by atoms with Gasteiger partial charge in [-0.2, -0.15) is 13.2 Å². The Balaban J connectivity index is 2.27. The first-order valence-corrected chi connectivity index (χ1v) is 7.39. The van der Waals surface area contributed by atoms with Crippen molar-refractivity contribution in [1.82, 2.24) is 0 Å². The largest absolute Gasteiger partial charge is 0.497 e. The van der Waals surface area contributed by atoms with Crippen LogP contribution in [0.25, 0.3) is 0 Å². The number of nitrogens with one attached hydrogen (secondary N) is 1. The lowest BCUT2D eigenvalue weighted by Gasteiger charge is -2.17. The van der Waals surface area contributed by atoms with Crippen LogP contribution in [0.3, 0.4) is 0 Å². The monoisotopic (exact) mass is 357 g/mol. The number of hydrogen-bond acceptors (Lipinski definition) is 5. The van der Waals surface area contributed by atoms with Crippen molar-refractivity contribution in [3.8, 4) is 17.2 Å². The van der Waals surface area contributed by atoms with Crippen LogP contribution < -0.4 is 14.8 Å². The summed E-state index contributed by atoms with van der Waals surface area (Å²) >= 11 is 0. The SMILES string of the molecule is COc1ccc(Oc2ccc(C(F)(F)F)cc2NCC(O)CO)cc1. The molecule has 0 heterocycles. The van der Waals surface area contributed by atoms with Crippen molar-refractivity contribution in [2.45, 2.75) is 12.3 Å². The Bertz CT molecular complexity index is 689. The predicted octanol–water partition coefficient (Wildman–Crippen LogP) is 3.27. The number of alkyl halides is 3. The fourth-order valence-corrected chi connectivity index (χ4v) is 2.00. The molecule has 2 aromatic carbocycles. The molecule has 0 aromatic heterocycles. The fraction of sp³-hybridized carbons (Fsp3) is 0.294. The van der Waals surface area contributed by atoms with E-state index in [1.165, 1.54) is 13.2 Å². The van der Waals surface area contributed by atoms with Gasteiger partial charge in [0.2, 0.25) is 0 Å². The van der Waals surface area contributed by atoms with Crippen LogP contribution in [0.4, 0.5) is 18.9 Å². The summed E-state index contributed by atoms with van der Waals surface area (Å²) in [6.07, 6.45) is -5.62.